The van der Waals surface area contributed by atoms with E-state index < -0.39 is 0 Å². The van der Waals surface area contributed by atoms with Gasteiger partial charge in [0.1, 0.15) is 5.82 Å². The second kappa shape index (κ2) is 9.81. The van der Waals surface area contributed by atoms with Crippen molar-refractivity contribution in [2.75, 3.05) is 48.4 Å². The summed E-state index contributed by atoms with van der Waals surface area (Å²) in [6, 6.07) is 11.1. The number of nitrogens with one attached hydrogen (secondary N) is 2. The molecule has 1 aliphatic heterocycles. The number of hydrogen-bond acceptors (Lipinski definition) is 9. The molecule has 0 aliphatic carbocycles. The van der Waals surface area contributed by atoms with Gasteiger partial charge in [-0.2, -0.15) is 4.98 Å². The van der Waals surface area contributed by atoms with Crippen LogP contribution in [-0.2, 0) is 9.53 Å². The molecule has 1 aliphatic rings. The molecule has 2 aromatic heterocycles. The number of hydrogen-bond donors (Lipinski definition) is 2. The molecular formula is C21H23N7O3. The van der Waals surface area contributed by atoms with Gasteiger partial charge in [0.2, 0.25) is 5.95 Å². The molecule has 31 heavy (non-hydrogen) atoms. The summed E-state index contributed by atoms with van der Waals surface area (Å²) in [5, 5.41) is 6.06. The molecule has 1 saturated heterocycles. The Hall–Kier alpha value is -3.79. The summed E-state index contributed by atoms with van der Waals surface area (Å²) in [5.41, 5.74) is 2.38. The van der Waals surface area contributed by atoms with Crippen LogP contribution in [0.3, 0.4) is 0 Å². The highest BCUT2D eigenvalue weighted by Gasteiger charge is 2.15. The summed E-state index contributed by atoms with van der Waals surface area (Å²) in [6.45, 7) is 4.68. The van der Waals surface area contributed by atoms with Gasteiger partial charge in [0.05, 0.1) is 13.2 Å². The van der Waals surface area contributed by atoms with Crippen LogP contribution < -0.4 is 20.3 Å². The predicted octanol–water partition coefficient (Wildman–Crippen LogP) is 2.17. The van der Waals surface area contributed by atoms with Crippen molar-refractivity contribution in [2.24, 2.45) is 0 Å². The summed E-state index contributed by atoms with van der Waals surface area (Å²) in [4.78, 5) is 31.1. The highest BCUT2D eigenvalue weighted by Crippen LogP contribution is 2.21. The second-order valence-electron chi connectivity index (χ2n) is 6.86. The minimum absolute atomic E-state index is 0.161. The first kappa shape index (κ1) is 20.5. The van der Waals surface area contributed by atoms with E-state index in [9.17, 15) is 4.79 Å². The highest BCUT2D eigenvalue weighted by atomic mass is 16.5. The van der Waals surface area contributed by atoms with Gasteiger partial charge in [-0.1, -0.05) is 0 Å². The summed E-state index contributed by atoms with van der Waals surface area (Å²) in [5.74, 6) is 1.11. The summed E-state index contributed by atoms with van der Waals surface area (Å²) in [7, 11) is 0. The molecule has 0 saturated carbocycles. The van der Waals surface area contributed by atoms with Gasteiger partial charge in [0.15, 0.2) is 6.61 Å². The van der Waals surface area contributed by atoms with Crippen molar-refractivity contribution in [1.82, 2.24) is 19.9 Å². The largest absolute Gasteiger partial charge is 0.453 e. The van der Waals surface area contributed by atoms with Crippen molar-refractivity contribution in [2.45, 2.75) is 6.92 Å². The second-order valence-corrected chi connectivity index (χ2v) is 6.86. The third-order valence-electron chi connectivity index (χ3n) is 4.45. The van der Waals surface area contributed by atoms with Gasteiger partial charge < -0.3 is 25.0 Å². The van der Waals surface area contributed by atoms with E-state index in [1.54, 1.807) is 30.6 Å². The fraction of sp³-hybridized carbons (Fsp3) is 0.286. The van der Waals surface area contributed by atoms with Crippen LogP contribution in [0, 0.1) is 6.92 Å². The van der Waals surface area contributed by atoms with Gasteiger partial charge in [-0.05, 0) is 37.3 Å². The quantitative estimate of drug-likeness (QED) is 0.592. The van der Waals surface area contributed by atoms with E-state index in [0.717, 1.165) is 24.5 Å². The minimum atomic E-state index is -0.297. The number of carbonyl (C=O) groups is 1. The zero-order valence-electron chi connectivity index (χ0n) is 17.1. The lowest BCUT2D eigenvalue weighted by molar-refractivity contribution is -0.118. The number of benzene rings is 1. The molecule has 3 heterocycles. The third kappa shape index (κ3) is 5.86. The first-order valence-corrected chi connectivity index (χ1v) is 9.91. The van der Waals surface area contributed by atoms with Crippen LogP contribution in [0.15, 0.2) is 48.8 Å². The standard InChI is InChI=1S/C21H23N7O3/c1-15-13-18(27-20(24-15)28-9-11-30-12-10-28)25-16-3-5-17(6-4-16)26-19(29)14-31-21-22-7-2-8-23-21/h2-8,13H,9-12,14H2,1H3,(H,26,29)(H,24,25,27). The maximum atomic E-state index is 12.0. The molecule has 2 N–H and O–H groups in total. The van der Waals surface area contributed by atoms with E-state index >= 15 is 0 Å². The molecule has 10 nitrogen and oxygen atoms in total. The average Bonchev–Trinajstić information content (AvgIpc) is 2.80. The Bertz CT molecular complexity index is 1010. The number of carbonyl (C=O) groups excluding carboxylic acids is 1. The van der Waals surface area contributed by atoms with Crippen molar-refractivity contribution < 1.29 is 14.3 Å². The Kier molecular flexibility index (Phi) is 6.48. The minimum Gasteiger partial charge on any atom is -0.453 e. The summed E-state index contributed by atoms with van der Waals surface area (Å²) < 4.78 is 10.6. The van der Waals surface area contributed by atoms with Gasteiger partial charge >= 0.3 is 6.01 Å². The average molecular weight is 421 g/mol. The van der Waals surface area contributed by atoms with E-state index in [0.29, 0.717) is 30.7 Å². The number of ether oxygens (including phenoxy) is 2. The SMILES string of the molecule is Cc1cc(Nc2ccc(NC(=O)COc3ncccn3)cc2)nc(N2CCOCC2)n1. The van der Waals surface area contributed by atoms with Gasteiger partial charge in [-0.15, -0.1) is 0 Å². The summed E-state index contributed by atoms with van der Waals surface area (Å²) >= 11 is 0. The fourth-order valence-electron chi connectivity index (χ4n) is 2.99. The maximum Gasteiger partial charge on any atom is 0.316 e. The lowest BCUT2D eigenvalue weighted by Gasteiger charge is -2.27. The van der Waals surface area contributed by atoms with Crippen LogP contribution in [0.4, 0.5) is 23.1 Å². The number of aryl methyl sites for hydroxylation is 1. The number of amides is 1. The van der Waals surface area contributed by atoms with Crippen LogP contribution in [-0.4, -0.2) is 58.8 Å². The monoisotopic (exact) mass is 421 g/mol. The molecule has 0 radical (unpaired) electrons. The zero-order chi connectivity index (χ0) is 21.5. The van der Waals surface area contributed by atoms with Gasteiger partial charge in [0.25, 0.3) is 5.91 Å². The van der Waals surface area contributed by atoms with Crippen LogP contribution >= 0.6 is 0 Å². The number of anilines is 4. The number of rotatable bonds is 7. The molecular weight excluding hydrogens is 398 g/mol. The molecule has 10 heteroatoms. The topological polar surface area (TPSA) is 114 Å². The van der Waals surface area contributed by atoms with E-state index in [1.165, 1.54) is 0 Å². The van der Waals surface area contributed by atoms with Gasteiger partial charge in [0, 0.05) is 48.6 Å². The van der Waals surface area contributed by atoms with Crippen molar-refractivity contribution in [3.05, 3.63) is 54.5 Å². The third-order valence-corrected chi connectivity index (χ3v) is 4.45. The Balaban J connectivity index is 1.34. The molecule has 0 unspecified atom stereocenters. The molecule has 4 rings (SSSR count). The number of nitrogens with zero attached hydrogens (tertiary/aromatic N) is 5. The zero-order valence-corrected chi connectivity index (χ0v) is 17.1. The van der Waals surface area contributed by atoms with E-state index in [4.69, 9.17) is 9.47 Å². The maximum absolute atomic E-state index is 12.0. The lowest BCUT2D eigenvalue weighted by atomic mass is 10.2. The molecule has 3 aromatic rings. The molecule has 1 fully saturated rings. The van der Waals surface area contributed by atoms with Crippen molar-refractivity contribution >= 4 is 29.0 Å². The van der Waals surface area contributed by atoms with Crippen LogP contribution in [0.2, 0.25) is 0 Å². The molecule has 0 atom stereocenters. The van der Waals surface area contributed by atoms with Crippen LogP contribution in [0.5, 0.6) is 6.01 Å². The van der Waals surface area contributed by atoms with E-state index in [-0.39, 0.29) is 18.5 Å². The Labute approximate surface area is 179 Å². The smallest absolute Gasteiger partial charge is 0.316 e. The molecule has 1 aromatic carbocycles. The fourth-order valence-corrected chi connectivity index (χ4v) is 2.99. The molecule has 0 spiro atoms. The first-order chi connectivity index (χ1) is 15.2. The Morgan fingerprint density at radius 3 is 2.55 bits per heavy atom. The highest BCUT2D eigenvalue weighted by molar-refractivity contribution is 5.92. The summed E-state index contributed by atoms with van der Waals surface area (Å²) in [6.07, 6.45) is 3.10. The number of morpholine rings is 1. The Morgan fingerprint density at radius 1 is 1.10 bits per heavy atom. The van der Waals surface area contributed by atoms with Crippen molar-refractivity contribution in [3.63, 3.8) is 0 Å². The van der Waals surface area contributed by atoms with Gasteiger partial charge in [-0.3, -0.25) is 4.79 Å². The molecule has 1 amide bonds. The Morgan fingerprint density at radius 2 is 1.81 bits per heavy atom. The van der Waals surface area contributed by atoms with E-state index in [2.05, 4.69) is 35.5 Å². The van der Waals surface area contributed by atoms with Crippen molar-refractivity contribution in [3.8, 4) is 6.01 Å². The first-order valence-electron chi connectivity index (χ1n) is 9.91. The molecule has 160 valence electrons. The predicted molar refractivity (Wildman–Crippen MR) is 116 cm³/mol. The van der Waals surface area contributed by atoms with E-state index in [1.807, 2.05) is 25.1 Å². The van der Waals surface area contributed by atoms with Gasteiger partial charge in [-0.25, -0.2) is 15.0 Å². The normalized spacial score (nSPS) is 13.5. The van der Waals surface area contributed by atoms with Crippen LogP contribution in [0.1, 0.15) is 5.69 Å². The van der Waals surface area contributed by atoms with Crippen molar-refractivity contribution in [1.29, 1.82) is 0 Å². The number of aromatic nitrogens is 4. The molecule has 0 bridgehead atoms. The lowest BCUT2D eigenvalue weighted by Crippen LogP contribution is -2.37. The van der Waals surface area contributed by atoms with Crippen LogP contribution in [0.25, 0.3) is 0 Å².